The number of nitrogens with two attached hydrogens (primary N) is 1. The second-order valence-corrected chi connectivity index (χ2v) is 10.9. The molecule has 41 heavy (non-hydrogen) atoms. The number of phenols is 1. The first-order valence-electron chi connectivity index (χ1n) is 13.1. The van der Waals surface area contributed by atoms with Crippen LogP contribution in [0, 0.1) is 11.8 Å². The van der Waals surface area contributed by atoms with Crippen LogP contribution in [-0.4, -0.2) is 78.1 Å². The van der Waals surface area contributed by atoms with Crippen molar-refractivity contribution >= 4 is 17.5 Å². The highest BCUT2D eigenvalue weighted by Crippen LogP contribution is 2.53. The van der Waals surface area contributed by atoms with Gasteiger partial charge in [-0.15, -0.1) is 0 Å². The number of hydrogen-bond donors (Lipinski definition) is 5. The van der Waals surface area contributed by atoms with Crippen molar-refractivity contribution in [2.24, 2.45) is 17.6 Å². The van der Waals surface area contributed by atoms with Crippen LogP contribution >= 0.6 is 0 Å². The molecule has 6 N–H and O–H groups in total. The van der Waals surface area contributed by atoms with Crippen molar-refractivity contribution in [2.45, 2.75) is 24.5 Å². The van der Waals surface area contributed by atoms with Crippen LogP contribution in [0.3, 0.4) is 0 Å². The molecule has 0 unspecified atom stereocenters. The zero-order valence-corrected chi connectivity index (χ0v) is 22.3. The minimum Gasteiger partial charge on any atom is -0.510 e. The average molecular weight is 557 g/mol. The highest BCUT2D eigenvalue weighted by atomic mass is 16.3. The number of benzene rings is 1. The van der Waals surface area contributed by atoms with E-state index >= 15 is 0 Å². The van der Waals surface area contributed by atoms with Crippen LogP contribution in [-0.2, 0) is 16.0 Å². The van der Waals surface area contributed by atoms with E-state index in [1.54, 1.807) is 26.4 Å². The Hall–Kier alpha value is -4.74. The maximum absolute atomic E-state index is 13.9. The monoisotopic (exact) mass is 556 g/mol. The fourth-order valence-electron chi connectivity index (χ4n) is 6.71. The number of likely N-dealkylation sites (N-methyl/N-ethyl adjacent to an activating group) is 1. The largest absolute Gasteiger partial charge is 0.510 e. The second kappa shape index (κ2) is 9.15. The summed E-state index contributed by atoms with van der Waals surface area (Å²) in [5.41, 5.74) is 3.55. The van der Waals surface area contributed by atoms with Crippen molar-refractivity contribution in [1.82, 2.24) is 14.5 Å². The lowest BCUT2D eigenvalue weighted by Crippen LogP contribution is -2.63. The predicted octanol–water partition coefficient (Wildman–Crippen LogP) is 1.97. The van der Waals surface area contributed by atoms with Gasteiger partial charge in [0.05, 0.1) is 11.6 Å². The molecule has 11 nitrogen and oxygen atoms in total. The fraction of sp³-hybridized carbons (Fsp3) is 0.267. The van der Waals surface area contributed by atoms with Gasteiger partial charge in [-0.1, -0.05) is 6.07 Å². The lowest BCUT2D eigenvalue weighted by molar-refractivity contribution is -0.148. The van der Waals surface area contributed by atoms with Gasteiger partial charge in [-0.05, 0) is 74.3 Å². The molecule has 1 amide bonds. The van der Waals surface area contributed by atoms with Gasteiger partial charge in [0.25, 0.3) is 5.91 Å². The SMILES string of the molecule is CN(C)[C@H]1C(O)=C(C(N)=O)C(=O)[C@]2(O)C(O)=C3C(=O)c4c(O)ccc(-c5ccc(-n6cccc6)nc5)c4C[C@H]3C[C@@H]12. The Morgan fingerprint density at radius 1 is 1.10 bits per heavy atom. The maximum atomic E-state index is 13.9. The fourth-order valence-corrected chi connectivity index (χ4v) is 6.71. The smallest absolute Gasteiger partial charge is 0.255 e. The van der Waals surface area contributed by atoms with E-state index in [0.717, 1.165) is 0 Å². The molecule has 3 aromatic rings. The summed E-state index contributed by atoms with van der Waals surface area (Å²) in [5, 5.41) is 44.8. The molecular weight excluding hydrogens is 528 g/mol. The number of allylic oxidation sites excluding steroid dienone is 1. The number of amides is 1. The van der Waals surface area contributed by atoms with Gasteiger partial charge in [-0.2, -0.15) is 0 Å². The number of aliphatic hydroxyl groups excluding tert-OH is 2. The topological polar surface area (TPSA) is 179 Å². The standard InChI is InChI=1S/C30H28N4O7/c1-33(2)24-18-12-15-11-17-16(14-5-8-20(32-13-14)34-9-3-4-10-34)6-7-19(35)22(17)25(36)21(15)27(38)30(18,41)28(39)23(26(24)37)29(31)40/h3-10,13,15,18,24,35,37-38,41H,11-12H2,1-2H3,(H2,31,40)/t15-,18-,24+,30+/m0/s1. The van der Waals surface area contributed by atoms with Crippen LogP contribution in [0.5, 0.6) is 5.75 Å². The summed E-state index contributed by atoms with van der Waals surface area (Å²) >= 11 is 0. The molecule has 210 valence electrons. The third kappa shape index (κ3) is 3.66. The van der Waals surface area contributed by atoms with Gasteiger partial charge in [-0.25, -0.2) is 4.98 Å². The van der Waals surface area contributed by atoms with Gasteiger partial charge >= 0.3 is 0 Å². The normalized spacial score (nSPS) is 25.7. The Bertz CT molecular complexity index is 1690. The number of primary amides is 1. The minimum atomic E-state index is -2.67. The second-order valence-electron chi connectivity index (χ2n) is 10.9. The Morgan fingerprint density at radius 2 is 1.80 bits per heavy atom. The highest BCUT2D eigenvalue weighted by Gasteiger charge is 2.63. The van der Waals surface area contributed by atoms with Gasteiger partial charge in [0, 0.05) is 35.6 Å². The van der Waals surface area contributed by atoms with E-state index < -0.39 is 58.0 Å². The number of aromatic hydroxyl groups is 1. The molecule has 0 saturated carbocycles. The van der Waals surface area contributed by atoms with Gasteiger partial charge in [0.1, 0.15) is 28.7 Å². The van der Waals surface area contributed by atoms with Gasteiger partial charge in [0.15, 0.2) is 11.4 Å². The molecule has 0 spiro atoms. The van der Waals surface area contributed by atoms with Crippen molar-refractivity contribution in [3.05, 3.63) is 88.8 Å². The molecule has 1 aromatic carbocycles. The number of hydrogen-bond acceptors (Lipinski definition) is 9. The summed E-state index contributed by atoms with van der Waals surface area (Å²) in [6.45, 7) is 0. The molecule has 0 saturated heterocycles. The Morgan fingerprint density at radius 3 is 2.41 bits per heavy atom. The quantitative estimate of drug-likeness (QED) is 0.300. The first kappa shape index (κ1) is 26.5. The summed E-state index contributed by atoms with van der Waals surface area (Å²) in [6, 6.07) is 9.49. The maximum Gasteiger partial charge on any atom is 0.255 e. The molecule has 0 aliphatic heterocycles. The molecule has 0 radical (unpaired) electrons. The van der Waals surface area contributed by atoms with Crippen LogP contribution < -0.4 is 5.73 Å². The van der Waals surface area contributed by atoms with Crippen LogP contribution in [0.25, 0.3) is 16.9 Å². The van der Waals surface area contributed by atoms with Crippen molar-refractivity contribution in [1.29, 1.82) is 0 Å². The number of aromatic nitrogens is 2. The number of nitrogens with zero attached hydrogens (tertiary/aromatic N) is 3. The van der Waals surface area contributed by atoms with Crippen LogP contribution in [0.15, 0.2) is 77.7 Å². The number of rotatable bonds is 4. The molecule has 0 bridgehead atoms. The lowest BCUT2D eigenvalue weighted by Gasteiger charge is -2.50. The number of pyridine rings is 1. The third-order valence-corrected chi connectivity index (χ3v) is 8.53. The van der Waals surface area contributed by atoms with Crippen LogP contribution in [0.2, 0.25) is 0 Å². The number of phenolic OH excluding ortho intramolecular Hbond substituents is 1. The molecule has 2 heterocycles. The Kier molecular flexibility index (Phi) is 5.91. The predicted molar refractivity (Wildman–Crippen MR) is 146 cm³/mol. The van der Waals surface area contributed by atoms with Crippen molar-refractivity contribution < 1.29 is 34.8 Å². The summed E-state index contributed by atoms with van der Waals surface area (Å²) in [4.78, 5) is 45.5. The van der Waals surface area contributed by atoms with Gasteiger partial charge < -0.3 is 30.7 Å². The van der Waals surface area contributed by atoms with E-state index in [-0.39, 0.29) is 29.7 Å². The number of Topliss-reactive ketones (excluding diaryl/α,β-unsaturated/α-hetero) is 2. The lowest BCUT2D eigenvalue weighted by atomic mass is 9.58. The number of ketones is 2. The van der Waals surface area contributed by atoms with E-state index in [9.17, 15) is 34.8 Å². The summed E-state index contributed by atoms with van der Waals surface area (Å²) in [5.74, 6) is -6.10. The van der Waals surface area contributed by atoms with Crippen LogP contribution in [0.4, 0.5) is 0 Å². The summed E-state index contributed by atoms with van der Waals surface area (Å²) in [7, 11) is 3.18. The molecule has 6 rings (SSSR count). The molecular formula is C30H28N4O7. The zero-order valence-electron chi connectivity index (χ0n) is 22.3. The zero-order chi connectivity index (χ0) is 29.4. The van der Waals surface area contributed by atoms with Gasteiger partial charge in [0.2, 0.25) is 5.78 Å². The highest BCUT2D eigenvalue weighted by molar-refractivity contribution is 6.24. The van der Waals surface area contributed by atoms with E-state index in [1.165, 1.54) is 11.0 Å². The first-order valence-corrected chi connectivity index (χ1v) is 13.1. The Labute approximate surface area is 234 Å². The van der Waals surface area contributed by atoms with Crippen molar-refractivity contribution in [2.75, 3.05) is 14.1 Å². The number of carbonyl (C=O) groups excluding carboxylic acids is 3. The van der Waals surface area contributed by atoms with Gasteiger partial charge in [-0.3, -0.25) is 19.3 Å². The summed E-state index contributed by atoms with van der Waals surface area (Å²) < 4.78 is 1.85. The van der Waals surface area contributed by atoms with E-state index in [2.05, 4.69) is 4.98 Å². The van der Waals surface area contributed by atoms with Crippen LogP contribution in [0.1, 0.15) is 22.3 Å². The molecule has 3 aliphatic rings. The molecule has 4 atom stereocenters. The molecule has 2 aromatic heterocycles. The first-order chi connectivity index (χ1) is 19.5. The molecule has 0 fully saturated rings. The number of carbonyl (C=O) groups is 3. The Balaban J connectivity index is 1.49. The van der Waals surface area contributed by atoms with Crippen molar-refractivity contribution in [3.63, 3.8) is 0 Å². The minimum absolute atomic E-state index is 0.0195. The van der Waals surface area contributed by atoms with E-state index in [0.29, 0.717) is 22.5 Å². The number of aliphatic hydroxyl groups is 3. The summed E-state index contributed by atoms with van der Waals surface area (Å²) in [6.07, 6.45) is 5.61. The molecule has 11 heteroatoms. The van der Waals surface area contributed by atoms with Crippen molar-refractivity contribution in [3.8, 4) is 22.7 Å². The molecule has 3 aliphatic carbocycles. The van der Waals surface area contributed by atoms with E-state index in [4.69, 9.17) is 5.73 Å². The average Bonchev–Trinajstić information content (AvgIpc) is 3.46. The third-order valence-electron chi connectivity index (χ3n) is 8.53. The number of fused-ring (bicyclic) bond motifs is 3. The van der Waals surface area contributed by atoms with E-state index in [1.807, 2.05) is 41.2 Å².